The highest BCUT2D eigenvalue weighted by Gasteiger charge is 2.24. The summed E-state index contributed by atoms with van der Waals surface area (Å²) in [4.78, 5) is 0. The van der Waals surface area contributed by atoms with E-state index in [0.717, 1.165) is 22.6 Å². The molecule has 3 nitrogen and oxygen atoms in total. The van der Waals surface area contributed by atoms with Crippen LogP contribution in [0.4, 0.5) is 0 Å². The lowest BCUT2D eigenvalue weighted by Crippen LogP contribution is -2.10. The molecule has 0 saturated carbocycles. The lowest BCUT2D eigenvalue weighted by molar-refractivity contribution is 0.591. The number of hydrogen-bond donors (Lipinski definition) is 0. The fraction of sp³-hybridized carbons (Fsp3) is 0.143. The number of fused-ring (bicyclic) bond motifs is 9. The van der Waals surface area contributed by atoms with Crippen LogP contribution in [0.15, 0.2) is 176 Å². The van der Waals surface area contributed by atoms with Crippen molar-refractivity contribution >= 4 is 65.4 Å². The summed E-state index contributed by atoms with van der Waals surface area (Å²) in [6, 6.07) is 65.6. The van der Waals surface area contributed by atoms with E-state index >= 15 is 0 Å². The highest BCUT2D eigenvalue weighted by molar-refractivity contribution is 6.13. The quantitative estimate of drug-likeness (QED) is 0.170. The average molecular weight is 762 g/mol. The van der Waals surface area contributed by atoms with Crippen molar-refractivity contribution in [1.29, 1.82) is 0 Å². The molecule has 0 spiro atoms. The van der Waals surface area contributed by atoms with Crippen LogP contribution in [0.25, 0.3) is 93.6 Å². The summed E-state index contributed by atoms with van der Waals surface area (Å²) in [6.07, 6.45) is 0. The minimum atomic E-state index is 0.0317. The highest BCUT2D eigenvalue weighted by Crippen LogP contribution is 2.44. The lowest BCUT2D eigenvalue weighted by Gasteiger charge is -2.22. The fourth-order valence-electron chi connectivity index (χ4n) is 9.57. The van der Waals surface area contributed by atoms with Gasteiger partial charge >= 0.3 is 0 Å². The van der Waals surface area contributed by atoms with Gasteiger partial charge in [-0.05, 0) is 100 Å². The normalized spacial score (nSPS) is 12.6. The molecule has 0 aliphatic carbocycles. The van der Waals surface area contributed by atoms with Crippen molar-refractivity contribution in [1.82, 2.24) is 13.7 Å². The Kier molecular flexibility index (Phi) is 7.68. The van der Waals surface area contributed by atoms with Crippen LogP contribution in [0.5, 0.6) is 0 Å². The largest absolute Gasteiger partial charge is 0.309 e. The van der Waals surface area contributed by atoms with Gasteiger partial charge in [0.05, 0.1) is 44.5 Å². The minimum Gasteiger partial charge on any atom is -0.309 e. The SMILES string of the molecule is CC(C)(C)c1ccc2c(c1)c1ccccc1n2-c1cccc(-n2c3ccccc3c3cc(C(C)(C)C)ccc32)c1-c1ccc(-n2c3ccccc3c3ccccc32)cc1. The van der Waals surface area contributed by atoms with E-state index in [0.29, 0.717) is 0 Å². The summed E-state index contributed by atoms with van der Waals surface area (Å²) >= 11 is 0. The van der Waals surface area contributed by atoms with Crippen LogP contribution in [-0.4, -0.2) is 13.7 Å². The Balaban J connectivity index is 1.22. The first kappa shape index (κ1) is 35.3. The number of para-hydroxylation sites is 4. The molecule has 3 heteroatoms. The first-order chi connectivity index (χ1) is 28.6. The zero-order chi connectivity index (χ0) is 40.2. The summed E-state index contributed by atoms with van der Waals surface area (Å²) in [6.45, 7) is 13.8. The van der Waals surface area contributed by atoms with Crippen LogP contribution in [0.3, 0.4) is 0 Å². The molecule has 0 amide bonds. The molecule has 0 aliphatic heterocycles. The highest BCUT2D eigenvalue weighted by atomic mass is 15.0. The Bertz CT molecular complexity index is 3240. The molecule has 3 aromatic heterocycles. The Labute approximate surface area is 345 Å². The molecular weight excluding hydrogens is 715 g/mol. The maximum atomic E-state index is 2.50. The molecule has 286 valence electrons. The van der Waals surface area contributed by atoms with Gasteiger partial charge in [0.1, 0.15) is 0 Å². The zero-order valence-corrected chi connectivity index (χ0v) is 34.6. The Morgan fingerprint density at radius 1 is 0.305 bits per heavy atom. The van der Waals surface area contributed by atoms with Gasteiger partial charge in [0.2, 0.25) is 0 Å². The monoisotopic (exact) mass is 761 g/mol. The van der Waals surface area contributed by atoms with Crippen molar-refractivity contribution in [2.45, 2.75) is 52.4 Å². The summed E-state index contributed by atoms with van der Waals surface area (Å²) in [5, 5.41) is 7.61. The van der Waals surface area contributed by atoms with Gasteiger partial charge < -0.3 is 13.7 Å². The van der Waals surface area contributed by atoms with Crippen LogP contribution >= 0.6 is 0 Å². The Hall–Kier alpha value is -6.84. The summed E-state index contributed by atoms with van der Waals surface area (Å²) in [5.74, 6) is 0. The number of nitrogens with zero attached hydrogens (tertiary/aromatic N) is 3. The molecule has 0 N–H and O–H groups in total. The predicted octanol–water partition coefficient (Wildman–Crippen LogP) is 15.2. The van der Waals surface area contributed by atoms with Crippen molar-refractivity contribution in [3.05, 3.63) is 187 Å². The second-order valence-corrected chi connectivity index (χ2v) is 18.3. The third-order valence-corrected chi connectivity index (χ3v) is 12.6. The van der Waals surface area contributed by atoms with E-state index in [4.69, 9.17) is 0 Å². The number of rotatable bonds is 4. The predicted molar refractivity (Wildman–Crippen MR) is 252 cm³/mol. The van der Waals surface area contributed by atoms with Gasteiger partial charge in [-0.2, -0.15) is 0 Å². The first-order valence-electron chi connectivity index (χ1n) is 20.9. The van der Waals surface area contributed by atoms with Crippen LogP contribution in [0.1, 0.15) is 52.7 Å². The Morgan fingerprint density at radius 2 is 0.661 bits per heavy atom. The van der Waals surface area contributed by atoms with Crippen molar-refractivity contribution in [2.24, 2.45) is 0 Å². The maximum absolute atomic E-state index is 2.50. The molecule has 11 aromatic rings. The molecule has 0 radical (unpaired) electrons. The number of hydrogen-bond acceptors (Lipinski definition) is 0. The van der Waals surface area contributed by atoms with E-state index in [9.17, 15) is 0 Å². The molecule has 8 aromatic carbocycles. The zero-order valence-electron chi connectivity index (χ0n) is 34.6. The molecule has 59 heavy (non-hydrogen) atoms. The van der Waals surface area contributed by atoms with Gasteiger partial charge in [-0.25, -0.2) is 0 Å². The van der Waals surface area contributed by atoms with Gasteiger partial charge in [-0.15, -0.1) is 0 Å². The van der Waals surface area contributed by atoms with Gasteiger partial charge in [-0.3, -0.25) is 0 Å². The summed E-state index contributed by atoms with van der Waals surface area (Å²) in [5.41, 5.74) is 15.8. The van der Waals surface area contributed by atoms with E-state index in [-0.39, 0.29) is 10.8 Å². The fourth-order valence-corrected chi connectivity index (χ4v) is 9.57. The van der Waals surface area contributed by atoms with Crippen LogP contribution in [0.2, 0.25) is 0 Å². The molecule has 0 fully saturated rings. The second kappa shape index (κ2) is 12.8. The van der Waals surface area contributed by atoms with Gasteiger partial charge in [0.25, 0.3) is 0 Å². The number of benzene rings is 8. The van der Waals surface area contributed by atoms with Crippen molar-refractivity contribution in [3.63, 3.8) is 0 Å². The van der Waals surface area contributed by atoms with Crippen LogP contribution in [-0.2, 0) is 10.8 Å². The summed E-state index contributed by atoms with van der Waals surface area (Å²) in [7, 11) is 0. The average Bonchev–Trinajstić information content (AvgIpc) is 3.88. The lowest BCUT2D eigenvalue weighted by atomic mass is 9.86. The van der Waals surface area contributed by atoms with Crippen molar-refractivity contribution in [3.8, 4) is 28.2 Å². The third-order valence-electron chi connectivity index (χ3n) is 12.6. The standard InChI is InChI=1S/C56H47N3/c1-55(2,3)37-28-32-50-44(34-37)42-18-9-13-22-48(42)58(50)52-24-15-25-53(59-49-23-14-10-19-43(49)45-35-38(56(4,5)6)29-33-51(45)59)54(52)36-26-30-39(31-27-36)57-46-20-11-7-16-40(46)41-17-8-12-21-47(41)57/h7-35H,1-6H3. The van der Waals surface area contributed by atoms with E-state index in [1.165, 1.54) is 82.1 Å². The third kappa shape index (κ3) is 5.41. The van der Waals surface area contributed by atoms with E-state index in [2.05, 4.69) is 231 Å². The molecule has 0 bridgehead atoms. The second-order valence-electron chi connectivity index (χ2n) is 18.3. The molecule has 0 aliphatic rings. The van der Waals surface area contributed by atoms with Crippen LogP contribution < -0.4 is 0 Å². The van der Waals surface area contributed by atoms with Gasteiger partial charge in [-0.1, -0.05) is 145 Å². The maximum Gasteiger partial charge on any atom is 0.0561 e. The smallest absolute Gasteiger partial charge is 0.0561 e. The van der Waals surface area contributed by atoms with Gasteiger partial charge in [0.15, 0.2) is 0 Å². The molecule has 11 rings (SSSR count). The molecule has 0 unspecified atom stereocenters. The molecular formula is C56H47N3. The molecule has 3 heterocycles. The topological polar surface area (TPSA) is 14.8 Å². The van der Waals surface area contributed by atoms with Gasteiger partial charge in [0, 0.05) is 43.6 Å². The van der Waals surface area contributed by atoms with E-state index in [1.54, 1.807) is 0 Å². The molecule has 0 saturated heterocycles. The first-order valence-corrected chi connectivity index (χ1v) is 20.9. The van der Waals surface area contributed by atoms with Crippen molar-refractivity contribution in [2.75, 3.05) is 0 Å². The van der Waals surface area contributed by atoms with Crippen molar-refractivity contribution < 1.29 is 0 Å². The van der Waals surface area contributed by atoms with Crippen LogP contribution in [0, 0.1) is 0 Å². The summed E-state index contributed by atoms with van der Waals surface area (Å²) < 4.78 is 7.41. The molecule has 0 atom stereocenters. The number of aromatic nitrogens is 3. The minimum absolute atomic E-state index is 0.0317. The van der Waals surface area contributed by atoms with E-state index < -0.39 is 0 Å². The Morgan fingerprint density at radius 3 is 1.07 bits per heavy atom. The van der Waals surface area contributed by atoms with E-state index in [1.807, 2.05) is 0 Å².